The summed E-state index contributed by atoms with van der Waals surface area (Å²) in [6.07, 6.45) is 0. The molecule has 0 atom stereocenters. The van der Waals surface area contributed by atoms with E-state index in [1.165, 1.54) is 24.3 Å². The molecular weight excluding hydrogens is 372 g/mol. The molecule has 0 fully saturated rings. The fraction of sp³-hybridized carbons (Fsp3) is 0.0769. The fourth-order valence-electron chi connectivity index (χ4n) is 1.64. The Hall–Kier alpha value is -1.71. The lowest BCUT2D eigenvalue weighted by Gasteiger charge is -2.09. The van der Waals surface area contributed by atoms with E-state index >= 15 is 0 Å². The van der Waals surface area contributed by atoms with Gasteiger partial charge in [0.15, 0.2) is 0 Å². The number of anilines is 1. The Morgan fingerprint density at radius 2 is 1.30 bits per heavy atom. The van der Waals surface area contributed by atoms with Crippen LogP contribution in [-0.2, 0) is 19.9 Å². The van der Waals surface area contributed by atoms with Crippen molar-refractivity contribution in [2.45, 2.75) is 15.5 Å². The average Bonchev–Trinajstić information content (AvgIpc) is 2.47. The van der Waals surface area contributed by atoms with Crippen molar-refractivity contribution in [3.63, 3.8) is 0 Å². The summed E-state index contributed by atoms with van der Waals surface area (Å²) >= 11 is 5.67. The lowest BCUT2D eigenvalue weighted by molar-refractivity contribution is 0.234. The Bertz CT molecular complexity index is 896. The number of benzene rings is 2. The van der Waals surface area contributed by atoms with Gasteiger partial charge in [-0.1, -0.05) is 11.6 Å². The summed E-state index contributed by atoms with van der Waals surface area (Å²) in [6.45, 7) is 0. The van der Waals surface area contributed by atoms with Crippen LogP contribution in [0.25, 0.3) is 0 Å². The monoisotopic (exact) mass is 381 g/mol. The van der Waals surface area contributed by atoms with Crippen molar-refractivity contribution in [2.75, 3.05) is 4.72 Å². The molecule has 0 aliphatic heterocycles. The molecule has 0 saturated carbocycles. The highest BCUT2D eigenvalue weighted by molar-refractivity contribution is 7.92. The van der Waals surface area contributed by atoms with Gasteiger partial charge in [0.2, 0.25) is 9.84 Å². The third-order valence-corrected chi connectivity index (χ3v) is 5.84. The molecule has 5 nitrogen and oxygen atoms in total. The first kappa shape index (κ1) is 17.6. The summed E-state index contributed by atoms with van der Waals surface area (Å²) in [4.78, 5) is -0.645. The summed E-state index contributed by atoms with van der Waals surface area (Å²) in [7, 11) is -8.62. The van der Waals surface area contributed by atoms with Crippen LogP contribution in [0.1, 0.15) is 0 Å². The van der Waals surface area contributed by atoms with Crippen molar-refractivity contribution in [3.8, 4) is 0 Å². The first-order valence-corrected chi connectivity index (χ1v) is 9.44. The maximum Gasteiger partial charge on any atom is 0.341 e. The minimum absolute atomic E-state index is 0.0353. The first-order valence-electron chi connectivity index (χ1n) is 6.03. The second-order valence-corrected chi connectivity index (χ2v) is 8.43. The van der Waals surface area contributed by atoms with Gasteiger partial charge in [-0.05, 0) is 48.5 Å². The Balaban J connectivity index is 2.26. The first-order chi connectivity index (χ1) is 10.6. The number of rotatable bonds is 5. The Morgan fingerprint density at radius 1 is 0.826 bits per heavy atom. The Kier molecular flexibility index (Phi) is 4.92. The SMILES string of the molecule is O=S(=O)(Nc1ccc(S(=O)(=O)C(F)F)cc1)c1ccc(Cl)cc1. The zero-order valence-electron chi connectivity index (χ0n) is 11.3. The van der Waals surface area contributed by atoms with Crippen molar-refractivity contribution in [1.29, 1.82) is 0 Å². The molecule has 124 valence electrons. The largest absolute Gasteiger partial charge is 0.341 e. The van der Waals surface area contributed by atoms with Gasteiger partial charge in [-0.15, -0.1) is 0 Å². The maximum atomic E-state index is 12.4. The third kappa shape index (κ3) is 3.98. The smallest absolute Gasteiger partial charge is 0.280 e. The molecule has 0 bridgehead atoms. The molecule has 1 N–H and O–H groups in total. The molecule has 0 amide bonds. The summed E-state index contributed by atoms with van der Waals surface area (Å²) < 4.78 is 73.8. The van der Waals surface area contributed by atoms with Crippen LogP contribution in [0.2, 0.25) is 5.02 Å². The predicted molar refractivity (Wildman–Crippen MR) is 81.9 cm³/mol. The van der Waals surface area contributed by atoms with E-state index in [1.54, 1.807) is 0 Å². The lowest BCUT2D eigenvalue weighted by Crippen LogP contribution is -2.14. The molecule has 0 aromatic heterocycles. The van der Waals surface area contributed by atoms with E-state index in [4.69, 9.17) is 11.6 Å². The summed E-state index contributed by atoms with van der Waals surface area (Å²) in [6, 6.07) is 9.36. The minimum Gasteiger partial charge on any atom is -0.280 e. The Labute approximate surface area is 136 Å². The van der Waals surface area contributed by atoms with E-state index in [-0.39, 0.29) is 10.6 Å². The standard InChI is InChI=1S/C13H10ClF2NO4S2/c14-9-1-5-12(6-2-9)23(20,21)17-10-3-7-11(8-4-10)22(18,19)13(15)16/h1-8,13,17H. The van der Waals surface area contributed by atoms with Crippen molar-refractivity contribution in [3.05, 3.63) is 53.6 Å². The van der Waals surface area contributed by atoms with Crippen LogP contribution in [-0.4, -0.2) is 22.6 Å². The summed E-state index contributed by atoms with van der Waals surface area (Å²) in [5, 5.41) is 0.366. The number of halogens is 3. The van der Waals surface area contributed by atoms with Crippen LogP contribution in [0.4, 0.5) is 14.5 Å². The van der Waals surface area contributed by atoms with Crippen molar-refractivity contribution < 1.29 is 25.6 Å². The van der Waals surface area contributed by atoms with Crippen molar-refractivity contribution >= 4 is 37.1 Å². The van der Waals surface area contributed by atoms with E-state index in [9.17, 15) is 25.6 Å². The predicted octanol–water partition coefficient (Wildman–Crippen LogP) is 3.14. The molecule has 23 heavy (non-hydrogen) atoms. The molecule has 2 aromatic carbocycles. The van der Waals surface area contributed by atoms with Gasteiger partial charge in [-0.3, -0.25) is 4.72 Å². The zero-order valence-corrected chi connectivity index (χ0v) is 13.7. The van der Waals surface area contributed by atoms with Gasteiger partial charge in [0.25, 0.3) is 10.0 Å². The van der Waals surface area contributed by atoms with Crippen LogP contribution in [0.5, 0.6) is 0 Å². The van der Waals surface area contributed by atoms with Gasteiger partial charge in [-0.2, -0.15) is 8.78 Å². The number of sulfone groups is 1. The van der Waals surface area contributed by atoms with Gasteiger partial charge in [0.05, 0.1) is 9.79 Å². The molecular formula is C13H10ClF2NO4S2. The van der Waals surface area contributed by atoms with Gasteiger partial charge in [-0.25, -0.2) is 16.8 Å². The second-order valence-electron chi connectivity index (χ2n) is 4.39. The highest BCUT2D eigenvalue weighted by Gasteiger charge is 2.26. The van der Waals surface area contributed by atoms with Crippen LogP contribution in [0.15, 0.2) is 58.3 Å². The van der Waals surface area contributed by atoms with Crippen LogP contribution < -0.4 is 4.72 Å². The van der Waals surface area contributed by atoms with Gasteiger partial charge >= 0.3 is 5.76 Å². The molecule has 0 aliphatic carbocycles. The molecule has 0 radical (unpaired) electrons. The lowest BCUT2D eigenvalue weighted by atomic mass is 10.3. The van der Waals surface area contributed by atoms with E-state index in [1.807, 2.05) is 0 Å². The molecule has 0 heterocycles. The third-order valence-electron chi connectivity index (χ3n) is 2.79. The van der Waals surface area contributed by atoms with Crippen LogP contribution in [0, 0.1) is 0 Å². The number of nitrogens with one attached hydrogen (secondary N) is 1. The highest BCUT2D eigenvalue weighted by Crippen LogP contribution is 2.22. The minimum atomic E-state index is -4.72. The topological polar surface area (TPSA) is 80.3 Å². The van der Waals surface area contributed by atoms with Crippen molar-refractivity contribution in [1.82, 2.24) is 0 Å². The van der Waals surface area contributed by atoms with Crippen molar-refractivity contribution in [2.24, 2.45) is 0 Å². The van der Waals surface area contributed by atoms with Crippen LogP contribution >= 0.6 is 11.6 Å². The molecule has 10 heteroatoms. The molecule has 0 spiro atoms. The summed E-state index contributed by atoms with van der Waals surface area (Å²) in [5.74, 6) is -3.54. The second kappa shape index (κ2) is 6.42. The van der Waals surface area contributed by atoms with Gasteiger partial charge in [0.1, 0.15) is 0 Å². The van der Waals surface area contributed by atoms with E-state index in [2.05, 4.69) is 4.72 Å². The number of alkyl halides is 2. The molecule has 2 rings (SSSR count). The number of hydrogen-bond donors (Lipinski definition) is 1. The average molecular weight is 382 g/mol. The van der Waals surface area contributed by atoms with Crippen LogP contribution in [0.3, 0.4) is 0 Å². The molecule has 0 aliphatic rings. The quantitative estimate of drug-likeness (QED) is 0.862. The number of hydrogen-bond acceptors (Lipinski definition) is 4. The van der Waals surface area contributed by atoms with Gasteiger partial charge in [0, 0.05) is 10.7 Å². The van der Waals surface area contributed by atoms with E-state index in [0.717, 1.165) is 24.3 Å². The Morgan fingerprint density at radius 3 is 1.78 bits per heavy atom. The molecule has 2 aromatic rings. The summed E-state index contributed by atoms with van der Waals surface area (Å²) in [5.41, 5.74) is 0.0353. The molecule has 0 saturated heterocycles. The maximum absolute atomic E-state index is 12.4. The van der Waals surface area contributed by atoms with Gasteiger partial charge < -0.3 is 0 Å². The molecule has 0 unspecified atom stereocenters. The van der Waals surface area contributed by atoms with E-state index < -0.39 is 30.5 Å². The zero-order chi connectivity index (χ0) is 17.3. The number of sulfonamides is 1. The highest BCUT2D eigenvalue weighted by atomic mass is 35.5. The fourth-order valence-corrected chi connectivity index (χ4v) is 3.55. The van der Waals surface area contributed by atoms with E-state index in [0.29, 0.717) is 5.02 Å². The normalized spacial score (nSPS) is 12.3.